The Morgan fingerprint density at radius 2 is 2.32 bits per heavy atom. The Balaban J connectivity index is 2.03. The zero-order valence-electron chi connectivity index (χ0n) is 11.0. The molecule has 1 heterocycles. The van der Waals surface area contributed by atoms with Crippen LogP contribution in [-0.2, 0) is 20.7 Å². The van der Waals surface area contributed by atoms with Crippen molar-refractivity contribution in [2.24, 2.45) is 0 Å². The highest BCUT2D eigenvalue weighted by molar-refractivity contribution is 9.10. The molecule has 0 saturated carbocycles. The van der Waals surface area contributed by atoms with E-state index in [2.05, 4.69) is 15.9 Å². The van der Waals surface area contributed by atoms with Gasteiger partial charge in [0.25, 0.3) is 0 Å². The molecule has 1 fully saturated rings. The average Bonchev–Trinajstić information content (AvgIpc) is 2.42. The quantitative estimate of drug-likeness (QED) is 0.847. The lowest BCUT2D eigenvalue weighted by Crippen LogP contribution is -2.51. The molecule has 1 unspecified atom stereocenters. The molecule has 1 aliphatic rings. The first-order valence-electron chi connectivity index (χ1n) is 6.32. The molecule has 1 amide bonds. The van der Waals surface area contributed by atoms with Crippen LogP contribution in [0.4, 0.5) is 0 Å². The second kappa shape index (κ2) is 7.03. The lowest BCUT2D eigenvalue weighted by molar-refractivity contribution is -0.141. The van der Waals surface area contributed by atoms with Crippen LogP contribution >= 0.6 is 15.9 Å². The van der Waals surface area contributed by atoms with Gasteiger partial charge in [0.2, 0.25) is 5.91 Å². The first-order chi connectivity index (χ1) is 9.22. The largest absolute Gasteiger partial charge is 0.382 e. The van der Waals surface area contributed by atoms with Crippen molar-refractivity contribution in [3.05, 3.63) is 34.3 Å². The van der Waals surface area contributed by atoms with Gasteiger partial charge in [-0.25, -0.2) is 0 Å². The van der Waals surface area contributed by atoms with Crippen molar-refractivity contribution in [2.75, 3.05) is 33.5 Å². The lowest BCUT2D eigenvalue weighted by Gasteiger charge is -2.35. The summed E-state index contributed by atoms with van der Waals surface area (Å²) in [5.74, 6) is 0.122. The molecule has 1 atom stereocenters. The Hall–Kier alpha value is -0.910. The molecule has 2 rings (SSSR count). The van der Waals surface area contributed by atoms with Crippen molar-refractivity contribution in [3.8, 4) is 0 Å². The minimum absolute atomic E-state index is 0.0220. The zero-order chi connectivity index (χ0) is 13.7. The third-order valence-corrected chi connectivity index (χ3v) is 3.98. The Bertz CT molecular complexity index is 436. The van der Waals surface area contributed by atoms with E-state index in [4.69, 9.17) is 9.47 Å². The number of halogens is 1. The molecule has 1 aromatic rings. The van der Waals surface area contributed by atoms with E-state index in [-0.39, 0.29) is 11.9 Å². The minimum atomic E-state index is 0.0220. The van der Waals surface area contributed by atoms with Gasteiger partial charge in [-0.3, -0.25) is 4.79 Å². The molecule has 0 N–H and O–H groups in total. The molecule has 1 saturated heterocycles. The predicted octanol–water partition coefficient (Wildman–Crippen LogP) is 1.87. The summed E-state index contributed by atoms with van der Waals surface area (Å²) < 4.78 is 11.5. The molecule has 4 nitrogen and oxygen atoms in total. The third kappa shape index (κ3) is 3.78. The summed E-state index contributed by atoms with van der Waals surface area (Å²) in [5.41, 5.74) is 1.01. The van der Waals surface area contributed by atoms with Gasteiger partial charge in [0.05, 0.1) is 32.3 Å². The highest BCUT2D eigenvalue weighted by Gasteiger charge is 2.27. The summed E-state index contributed by atoms with van der Waals surface area (Å²) in [6, 6.07) is 7.83. The van der Waals surface area contributed by atoms with E-state index in [9.17, 15) is 4.79 Å². The van der Waals surface area contributed by atoms with Gasteiger partial charge >= 0.3 is 0 Å². The van der Waals surface area contributed by atoms with E-state index >= 15 is 0 Å². The van der Waals surface area contributed by atoms with Crippen LogP contribution in [0, 0.1) is 0 Å². The van der Waals surface area contributed by atoms with Crippen molar-refractivity contribution in [1.29, 1.82) is 0 Å². The first-order valence-corrected chi connectivity index (χ1v) is 7.11. The number of methoxy groups -OCH3 is 1. The molecule has 5 heteroatoms. The molecule has 0 aromatic heterocycles. The normalized spacial score (nSPS) is 19.5. The van der Waals surface area contributed by atoms with Crippen LogP contribution in [0.15, 0.2) is 28.7 Å². The van der Waals surface area contributed by atoms with Crippen molar-refractivity contribution in [2.45, 2.75) is 12.5 Å². The Morgan fingerprint density at radius 3 is 3.05 bits per heavy atom. The molecule has 0 spiro atoms. The minimum Gasteiger partial charge on any atom is -0.382 e. The van der Waals surface area contributed by atoms with Gasteiger partial charge in [-0.1, -0.05) is 34.1 Å². The number of hydrogen-bond acceptors (Lipinski definition) is 3. The molecular weight excluding hydrogens is 310 g/mol. The number of benzene rings is 1. The summed E-state index contributed by atoms with van der Waals surface area (Å²) in [5, 5.41) is 0. The SMILES string of the molecule is COCC1COCCN1C(=O)Cc1ccccc1Br. The molecule has 0 bridgehead atoms. The Morgan fingerprint density at radius 1 is 1.53 bits per heavy atom. The van der Waals surface area contributed by atoms with Crippen molar-refractivity contribution in [1.82, 2.24) is 4.90 Å². The highest BCUT2D eigenvalue weighted by Crippen LogP contribution is 2.18. The van der Waals surface area contributed by atoms with Gasteiger partial charge in [0, 0.05) is 18.1 Å². The fourth-order valence-electron chi connectivity index (χ4n) is 2.22. The van der Waals surface area contributed by atoms with Crippen LogP contribution in [0.2, 0.25) is 0 Å². The van der Waals surface area contributed by atoms with E-state index in [0.717, 1.165) is 10.0 Å². The van der Waals surface area contributed by atoms with Crippen LogP contribution in [0.1, 0.15) is 5.56 Å². The lowest BCUT2D eigenvalue weighted by atomic mass is 10.1. The predicted molar refractivity (Wildman–Crippen MR) is 76.0 cm³/mol. The first kappa shape index (κ1) is 14.5. The van der Waals surface area contributed by atoms with Gasteiger partial charge in [0.15, 0.2) is 0 Å². The summed E-state index contributed by atoms with van der Waals surface area (Å²) >= 11 is 3.47. The van der Waals surface area contributed by atoms with Gasteiger partial charge in [-0.2, -0.15) is 0 Å². The summed E-state index contributed by atoms with van der Waals surface area (Å²) in [7, 11) is 1.64. The van der Waals surface area contributed by atoms with Crippen LogP contribution < -0.4 is 0 Å². The Labute approximate surface area is 121 Å². The second-order valence-electron chi connectivity index (χ2n) is 4.54. The molecule has 1 aliphatic heterocycles. The molecule has 19 heavy (non-hydrogen) atoms. The number of carbonyl (C=O) groups is 1. The monoisotopic (exact) mass is 327 g/mol. The van der Waals surface area contributed by atoms with Crippen molar-refractivity contribution >= 4 is 21.8 Å². The number of rotatable bonds is 4. The van der Waals surface area contributed by atoms with Gasteiger partial charge < -0.3 is 14.4 Å². The molecule has 104 valence electrons. The maximum atomic E-state index is 12.4. The molecule has 1 aromatic carbocycles. The van der Waals surface area contributed by atoms with Crippen molar-refractivity contribution < 1.29 is 14.3 Å². The van der Waals surface area contributed by atoms with Crippen LogP contribution in [0.5, 0.6) is 0 Å². The van der Waals surface area contributed by atoms with E-state index in [1.165, 1.54) is 0 Å². The van der Waals surface area contributed by atoms with Crippen LogP contribution in [0.3, 0.4) is 0 Å². The standard InChI is InChI=1S/C14H18BrNO3/c1-18-9-12-10-19-7-6-16(12)14(17)8-11-4-2-3-5-13(11)15/h2-5,12H,6-10H2,1H3. The average molecular weight is 328 g/mol. The van der Waals surface area contributed by atoms with E-state index in [0.29, 0.717) is 32.8 Å². The van der Waals surface area contributed by atoms with Crippen LogP contribution in [-0.4, -0.2) is 50.3 Å². The van der Waals surface area contributed by atoms with E-state index in [1.807, 2.05) is 29.2 Å². The fourth-order valence-corrected chi connectivity index (χ4v) is 2.64. The summed E-state index contributed by atoms with van der Waals surface area (Å²) in [6.07, 6.45) is 0.404. The number of carbonyl (C=O) groups excluding carboxylic acids is 1. The van der Waals surface area contributed by atoms with Gasteiger partial charge in [-0.05, 0) is 11.6 Å². The topological polar surface area (TPSA) is 38.8 Å². The highest BCUT2D eigenvalue weighted by atomic mass is 79.9. The number of nitrogens with zero attached hydrogens (tertiary/aromatic N) is 1. The molecule has 0 aliphatic carbocycles. The number of morpholine rings is 1. The third-order valence-electron chi connectivity index (χ3n) is 3.21. The summed E-state index contributed by atoms with van der Waals surface area (Å²) in [4.78, 5) is 14.3. The van der Waals surface area contributed by atoms with Crippen LogP contribution in [0.25, 0.3) is 0 Å². The fraction of sp³-hybridized carbons (Fsp3) is 0.500. The van der Waals surface area contributed by atoms with E-state index in [1.54, 1.807) is 7.11 Å². The van der Waals surface area contributed by atoms with Gasteiger partial charge in [-0.15, -0.1) is 0 Å². The number of hydrogen-bond donors (Lipinski definition) is 0. The molecule has 0 radical (unpaired) electrons. The maximum absolute atomic E-state index is 12.4. The van der Waals surface area contributed by atoms with Gasteiger partial charge in [0.1, 0.15) is 0 Å². The van der Waals surface area contributed by atoms with Crippen molar-refractivity contribution in [3.63, 3.8) is 0 Å². The number of ether oxygens (including phenoxy) is 2. The Kier molecular flexibility index (Phi) is 5.36. The zero-order valence-corrected chi connectivity index (χ0v) is 12.6. The summed E-state index contributed by atoms with van der Waals surface area (Å²) in [6.45, 7) is 2.30. The number of amides is 1. The second-order valence-corrected chi connectivity index (χ2v) is 5.39. The molecular formula is C14H18BrNO3. The van der Waals surface area contributed by atoms with E-state index < -0.39 is 0 Å². The smallest absolute Gasteiger partial charge is 0.227 e. The maximum Gasteiger partial charge on any atom is 0.227 e.